The third-order valence-corrected chi connectivity index (χ3v) is 9.05. The van der Waals surface area contributed by atoms with Gasteiger partial charge in [0.25, 0.3) is 0 Å². The Labute approximate surface area is 322 Å². The average molecular weight is 722 g/mol. The van der Waals surface area contributed by atoms with Gasteiger partial charge in [0.15, 0.2) is 0 Å². The predicted octanol–water partition coefficient (Wildman–Crippen LogP) is 5.31. The van der Waals surface area contributed by atoms with E-state index < -0.39 is 0 Å². The van der Waals surface area contributed by atoms with E-state index in [1.807, 2.05) is 0 Å². The zero-order valence-electron chi connectivity index (χ0n) is 29.9. The van der Waals surface area contributed by atoms with Crippen molar-refractivity contribution in [3.63, 3.8) is 0 Å². The molecule has 46 heavy (non-hydrogen) atoms. The fourth-order valence-corrected chi connectivity index (χ4v) is 5.97. The fourth-order valence-electron chi connectivity index (χ4n) is 5.97. The van der Waals surface area contributed by atoms with Crippen molar-refractivity contribution in [1.29, 1.82) is 0 Å². The van der Waals surface area contributed by atoms with Crippen molar-refractivity contribution in [2.75, 3.05) is 0 Å². The molecule has 0 aliphatic heterocycles. The number of fused-ring (bicyclic) bond motifs is 6. The van der Waals surface area contributed by atoms with E-state index >= 15 is 0 Å². The van der Waals surface area contributed by atoms with Gasteiger partial charge < -0.3 is 24.8 Å². The van der Waals surface area contributed by atoms with Crippen LogP contribution in [0.5, 0.6) is 0 Å². The van der Waals surface area contributed by atoms with Gasteiger partial charge >= 0.3 is 43.4 Å². The van der Waals surface area contributed by atoms with Crippen LogP contribution in [0.25, 0.3) is 22.3 Å². The first-order valence-corrected chi connectivity index (χ1v) is 15.7. The Bertz CT molecular complexity index is 1410. The van der Waals surface area contributed by atoms with E-state index in [2.05, 4.69) is 156 Å². The second-order valence-corrected chi connectivity index (χ2v) is 16.7. The largest absolute Gasteiger partial charge is 2.00 e. The molecule has 2 aliphatic carbocycles. The molecule has 6 rings (SSSR count). The van der Waals surface area contributed by atoms with Gasteiger partial charge in [0.1, 0.15) is 0 Å². The van der Waals surface area contributed by atoms with Gasteiger partial charge in [-0.05, 0) is 34.8 Å². The molecule has 240 valence electrons. The van der Waals surface area contributed by atoms with E-state index in [4.69, 9.17) is 0 Å². The summed E-state index contributed by atoms with van der Waals surface area (Å²) in [6.07, 6.45) is 2.05. The zero-order valence-corrected chi connectivity index (χ0v) is 34.6. The molecular formula is C42H50Cl2Ti2. The van der Waals surface area contributed by atoms with Crippen LogP contribution in [-0.4, -0.2) is 0 Å². The van der Waals surface area contributed by atoms with Gasteiger partial charge in [-0.1, -0.05) is 153 Å². The second kappa shape index (κ2) is 15.2. The third kappa shape index (κ3) is 9.11. The van der Waals surface area contributed by atoms with Crippen molar-refractivity contribution in [2.24, 2.45) is 0 Å². The standard InChI is InChI=1S/2C21H25.2ClH.2Ti/c2*1-20(2,3)16-9-7-14-11-15-8-10-17(21(4,5)6)13-19(15)18(14)12-16;;;;/h2*7,9-10,12-13H,11H2,1-6H3;2*1H;;/q2*-1;;;2*+2/p-2. The molecule has 2 aliphatic rings. The molecule has 0 bridgehead atoms. The number of hydrogen-bond acceptors (Lipinski definition) is 0. The Balaban J connectivity index is 0.000000423. The molecule has 0 radical (unpaired) electrons. The molecule has 0 nitrogen and oxygen atoms in total. The van der Waals surface area contributed by atoms with Gasteiger partial charge in [-0.25, -0.2) is 0 Å². The molecule has 0 atom stereocenters. The van der Waals surface area contributed by atoms with Crippen molar-refractivity contribution < 1.29 is 68.2 Å². The summed E-state index contributed by atoms with van der Waals surface area (Å²) in [5.74, 6) is 0. The minimum absolute atomic E-state index is 0. The number of hydrogen-bond donors (Lipinski definition) is 0. The topological polar surface area (TPSA) is 0 Å². The van der Waals surface area contributed by atoms with E-state index in [0.717, 1.165) is 12.8 Å². The van der Waals surface area contributed by atoms with Crippen molar-refractivity contribution in [1.82, 2.24) is 0 Å². The molecule has 0 spiro atoms. The molecule has 0 saturated carbocycles. The minimum atomic E-state index is 0. The molecule has 0 aromatic heterocycles. The van der Waals surface area contributed by atoms with Gasteiger partial charge in [-0.3, -0.25) is 0 Å². The summed E-state index contributed by atoms with van der Waals surface area (Å²) in [5.41, 5.74) is 17.5. The van der Waals surface area contributed by atoms with Crippen LogP contribution in [0.4, 0.5) is 0 Å². The van der Waals surface area contributed by atoms with Crippen molar-refractivity contribution in [3.05, 3.63) is 117 Å². The first-order valence-electron chi connectivity index (χ1n) is 15.7. The number of benzene rings is 4. The first-order chi connectivity index (χ1) is 19.3. The molecule has 4 aromatic carbocycles. The van der Waals surface area contributed by atoms with Crippen molar-refractivity contribution in [2.45, 2.75) is 118 Å². The van der Waals surface area contributed by atoms with Gasteiger partial charge in [-0.2, -0.15) is 58.7 Å². The van der Waals surface area contributed by atoms with Crippen LogP contribution in [0.3, 0.4) is 0 Å². The quantitative estimate of drug-likeness (QED) is 0.148. The fraction of sp³-hybridized carbons (Fsp3) is 0.429. The molecule has 0 amide bonds. The SMILES string of the molecule is CC(C)(C)c1c[c-]c2c(c1)-c1cc(C(C)(C)C)ccc1C2.CC(C)(C)c1c[c-]c2c(c1)-c1cc(C(C)(C)C)ccc1C2.[Cl-].[Cl-].[Ti+2].[Ti+2]. The summed E-state index contributed by atoms with van der Waals surface area (Å²) in [6.45, 7) is 27.3. The third-order valence-electron chi connectivity index (χ3n) is 9.05. The van der Waals surface area contributed by atoms with E-state index in [1.54, 1.807) is 0 Å². The maximum Gasteiger partial charge on any atom is 2.00 e. The van der Waals surface area contributed by atoms with Gasteiger partial charge in [-0.15, -0.1) is 11.1 Å². The maximum atomic E-state index is 3.53. The molecule has 0 heterocycles. The normalized spacial score (nSPS) is 12.8. The van der Waals surface area contributed by atoms with Crippen LogP contribution in [0.15, 0.2) is 60.7 Å². The van der Waals surface area contributed by atoms with Gasteiger partial charge in [0, 0.05) is 0 Å². The van der Waals surface area contributed by atoms with Gasteiger partial charge in [0.05, 0.1) is 0 Å². The Morgan fingerprint density at radius 2 is 0.696 bits per heavy atom. The van der Waals surface area contributed by atoms with Crippen LogP contribution in [0, 0.1) is 12.1 Å². The van der Waals surface area contributed by atoms with Crippen molar-refractivity contribution in [3.8, 4) is 22.3 Å². The molecule has 0 fully saturated rings. The summed E-state index contributed by atoms with van der Waals surface area (Å²) < 4.78 is 0. The molecule has 4 heteroatoms. The second-order valence-electron chi connectivity index (χ2n) is 16.7. The predicted molar refractivity (Wildman–Crippen MR) is 182 cm³/mol. The van der Waals surface area contributed by atoms with Crippen molar-refractivity contribution >= 4 is 0 Å². The Kier molecular flexibility index (Phi) is 14.2. The summed E-state index contributed by atoms with van der Waals surface area (Å²) in [7, 11) is 0. The molecule has 0 N–H and O–H groups in total. The summed E-state index contributed by atoms with van der Waals surface area (Å²) >= 11 is 0. The average Bonchev–Trinajstić information content (AvgIpc) is 3.43. The molecular weight excluding hydrogens is 671 g/mol. The molecule has 0 saturated heterocycles. The monoisotopic (exact) mass is 720 g/mol. The smallest absolute Gasteiger partial charge is 1.00 e. The van der Waals surface area contributed by atoms with E-state index in [0.29, 0.717) is 0 Å². The Morgan fingerprint density at radius 1 is 0.413 bits per heavy atom. The number of halogens is 2. The number of rotatable bonds is 0. The van der Waals surface area contributed by atoms with Crippen LogP contribution in [0.2, 0.25) is 0 Å². The van der Waals surface area contributed by atoms with E-state index in [-0.39, 0.29) is 89.9 Å². The Hall–Kier alpha value is -1.11. The van der Waals surface area contributed by atoms with Crippen LogP contribution in [-0.2, 0) is 77.9 Å². The Morgan fingerprint density at radius 3 is 0.978 bits per heavy atom. The zero-order chi connectivity index (χ0) is 30.8. The van der Waals surface area contributed by atoms with E-state index in [1.165, 1.54) is 66.8 Å². The first kappa shape index (κ1) is 42.9. The molecule has 0 unspecified atom stereocenters. The summed E-state index contributed by atoms with van der Waals surface area (Å²) in [4.78, 5) is 0. The van der Waals surface area contributed by atoms with Crippen LogP contribution < -0.4 is 24.8 Å². The maximum absolute atomic E-state index is 3.53. The summed E-state index contributed by atoms with van der Waals surface area (Å²) in [5, 5.41) is 0. The van der Waals surface area contributed by atoms with Crippen LogP contribution in [0.1, 0.15) is 128 Å². The minimum Gasteiger partial charge on any atom is -1.00 e. The summed E-state index contributed by atoms with van der Waals surface area (Å²) in [6, 6.07) is 30.1. The molecule has 4 aromatic rings. The van der Waals surface area contributed by atoms with Gasteiger partial charge in [0.2, 0.25) is 0 Å². The van der Waals surface area contributed by atoms with E-state index in [9.17, 15) is 0 Å². The van der Waals surface area contributed by atoms with Crippen LogP contribution >= 0.6 is 0 Å².